The average Bonchev–Trinajstić information content (AvgIpc) is 3.46. The first-order valence-electron chi connectivity index (χ1n) is 10.5. The molecule has 7 heteroatoms. The number of nitrogens with one attached hydrogen (secondary N) is 1. The second kappa shape index (κ2) is 7.63. The number of likely N-dealkylation sites (tertiary alicyclic amines) is 1. The Balaban J connectivity index is 1.22. The lowest BCUT2D eigenvalue weighted by Crippen LogP contribution is -2.36. The number of amides is 1. The van der Waals surface area contributed by atoms with Crippen LogP contribution in [0.5, 0.6) is 0 Å². The molecule has 3 heterocycles. The normalized spacial score (nSPS) is 26.7. The van der Waals surface area contributed by atoms with Gasteiger partial charge in [-0.05, 0) is 55.2 Å². The summed E-state index contributed by atoms with van der Waals surface area (Å²) >= 11 is 0. The zero-order chi connectivity index (χ0) is 19.8. The highest BCUT2D eigenvalue weighted by molar-refractivity contribution is 5.76. The summed E-state index contributed by atoms with van der Waals surface area (Å²) in [5.74, 6) is 1.08. The third-order valence-corrected chi connectivity index (χ3v) is 6.71. The van der Waals surface area contributed by atoms with Gasteiger partial charge >= 0.3 is 0 Å². The van der Waals surface area contributed by atoms with Crippen LogP contribution in [0.25, 0.3) is 11.0 Å². The molecule has 0 bridgehead atoms. The maximum absolute atomic E-state index is 12.7. The molecule has 0 spiro atoms. The maximum Gasteiger partial charge on any atom is 0.222 e. The predicted octanol–water partition coefficient (Wildman–Crippen LogP) is 2.55. The predicted molar refractivity (Wildman–Crippen MR) is 109 cm³/mol. The molecule has 0 unspecified atom stereocenters. The monoisotopic (exact) mass is 393 g/mol. The standard InChI is InChI=1S/C22H27N5O2/c28-21-9-17-13-26(22(29)7-3-4-15-10-24-25-11-15)12-16(17)8-20(21)27-14-23-18-5-1-2-6-19(18)27/h1-2,5-6,10-11,14,16-17,20-21,28H,3-4,7-9,12-13H2,(H,24,25)/t16-,17+,20-,21-/m1/s1. The van der Waals surface area contributed by atoms with Gasteiger partial charge in [0, 0.05) is 25.7 Å². The van der Waals surface area contributed by atoms with Crippen molar-refractivity contribution in [3.8, 4) is 0 Å². The van der Waals surface area contributed by atoms with Crippen molar-refractivity contribution in [2.45, 2.75) is 44.2 Å². The lowest BCUT2D eigenvalue weighted by molar-refractivity contribution is -0.130. The van der Waals surface area contributed by atoms with Crippen LogP contribution in [-0.2, 0) is 11.2 Å². The van der Waals surface area contributed by atoms with E-state index in [1.807, 2.05) is 41.8 Å². The van der Waals surface area contributed by atoms with Crippen LogP contribution < -0.4 is 0 Å². The van der Waals surface area contributed by atoms with E-state index in [9.17, 15) is 9.90 Å². The number of fused-ring (bicyclic) bond motifs is 2. The highest BCUT2D eigenvalue weighted by atomic mass is 16.3. The van der Waals surface area contributed by atoms with Crippen molar-refractivity contribution in [3.05, 3.63) is 48.5 Å². The summed E-state index contributed by atoms with van der Waals surface area (Å²) in [5.41, 5.74) is 3.18. The van der Waals surface area contributed by atoms with E-state index in [0.29, 0.717) is 18.3 Å². The molecule has 2 N–H and O–H groups in total. The van der Waals surface area contributed by atoms with E-state index in [0.717, 1.165) is 55.4 Å². The minimum atomic E-state index is -0.398. The van der Waals surface area contributed by atoms with E-state index in [4.69, 9.17) is 0 Å². The molecule has 2 aromatic heterocycles. The molecular formula is C22H27N5O2. The fraction of sp³-hybridized carbons (Fsp3) is 0.500. The number of rotatable bonds is 5. The van der Waals surface area contributed by atoms with Gasteiger partial charge in [-0.2, -0.15) is 5.10 Å². The Labute approximate surface area is 169 Å². The third-order valence-electron chi connectivity index (χ3n) is 6.71. The summed E-state index contributed by atoms with van der Waals surface area (Å²) in [6.45, 7) is 1.59. The van der Waals surface area contributed by atoms with E-state index >= 15 is 0 Å². The van der Waals surface area contributed by atoms with Gasteiger partial charge in [-0.1, -0.05) is 12.1 Å². The Kier molecular flexibility index (Phi) is 4.83. The Morgan fingerprint density at radius 3 is 2.86 bits per heavy atom. The first kappa shape index (κ1) is 18.4. The Hall–Kier alpha value is -2.67. The summed E-state index contributed by atoms with van der Waals surface area (Å²) in [7, 11) is 0. The average molecular weight is 393 g/mol. The van der Waals surface area contributed by atoms with Gasteiger partial charge in [0.15, 0.2) is 0 Å². The number of carbonyl (C=O) groups is 1. The van der Waals surface area contributed by atoms with E-state index in [-0.39, 0.29) is 11.9 Å². The summed E-state index contributed by atoms with van der Waals surface area (Å²) in [6, 6.07) is 8.09. The number of benzene rings is 1. The SMILES string of the molecule is O=C(CCCc1cn[nH]c1)N1C[C@H]2C[C@@H](n3cnc4ccccc43)[C@H](O)C[C@H]2C1. The number of H-pyrrole nitrogens is 1. The molecule has 1 aliphatic carbocycles. The van der Waals surface area contributed by atoms with Gasteiger partial charge in [0.05, 0.1) is 35.7 Å². The number of imidazole rings is 1. The molecule has 1 aromatic carbocycles. The molecule has 1 amide bonds. The van der Waals surface area contributed by atoms with E-state index < -0.39 is 6.10 Å². The quantitative estimate of drug-likeness (QED) is 0.697. The number of hydrogen-bond donors (Lipinski definition) is 2. The largest absolute Gasteiger partial charge is 0.391 e. The minimum Gasteiger partial charge on any atom is -0.391 e. The summed E-state index contributed by atoms with van der Waals surface area (Å²) in [5, 5.41) is 17.6. The zero-order valence-corrected chi connectivity index (χ0v) is 16.4. The zero-order valence-electron chi connectivity index (χ0n) is 16.4. The van der Waals surface area contributed by atoms with Gasteiger partial charge < -0.3 is 14.6 Å². The molecule has 7 nitrogen and oxygen atoms in total. The second-order valence-electron chi connectivity index (χ2n) is 8.53. The Morgan fingerprint density at radius 2 is 2.03 bits per heavy atom. The van der Waals surface area contributed by atoms with Gasteiger partial charge in [-0.15, -0.1) is 0 Å². The summed E-state index contributed by atoms with van der Waals surface area (Å²) in [4.78, 5) is 19.2. The van der Waals surface area contributed by atoms with Crippen molar-refractivity contribution in [2.24, 2.45) is 11.8 Å². The smallest absolute Gasteiger partial charge is 0.222 e. The number of aromatic nitrogens is 4. The number of carbonyl (C=O) groups excluding carboxylic acids is 1. The van der Waals surface area contributed by atoms with Crippen molar-refractivity contribution in [1.82, 2.24) is 24.6 Å². The van der Waals surface area contributed by atoms with Crippen molar-refractivity contribution >= 4 is 16.9 Å². The van der Waals surface area contributed by atoms with Gasteiger partial charge in [0.2, 0.25) is 5.91 Å². The summed E-state index contributed by atoms with van der Waals surface area (Å²) < 4.78 is 2.13. The van der Waals surface area contributed by atoms with Gasteiger partial charge in [-0.3, -0.25) is 9.89 Å². The van der Waals surface area contributed by atoms with E-state index in [2.05, 4.69) is 25.8 Å². The van der Waals surface area contributed by atoms with Gasteiger partial charge in [0.1, 0.15) is 0 Å². The fourth-order valence-corrected chi connectivity index (χ4v) is 5.17. The minimum absolute atomic E-state index is 0.0276. The van der Waals surface area contributed by atoms with Crippen LogP contribution in [0, 0.1) is 11.8 Å². The number of aliphatic hydroxyl groups is 1. The summed E-state index contributed by atoms with van der Waals surface area (Å²) in [6.07, 6.45) is 9.09. The van der Waals surface area contributed by atoms with Crippen LogP contribution in [-0.4, -0.2) is 54.9 Å². The number of aliphatic hydroxyl groups excluding tert-OH is 1. The van der Waals surface area contributed by atoms with Crippen LogP contribution in [0.4, 0.5) is 0 Å². The van der Waals surface area contributed by atoms with E-state index in [1.54, 1.807) is 0 Å². The first-order chi connectivity index (χ1) is 14.2. The molecule has 1 saturated heterocycles. The highest BCUT2D eigenvalue weighted by Gasteiger charge is 2.43. The number of nitrogens with zero attached hydrogens (tertiary/aromatic N) is 4. The van der Waals surface area contributed by atoms with Crippen LogP contribution >= 0.6 is 0 Å². The molecule has 2 fully saturated rings. The molecule has 29 heavy (non-hydrogen) atoms. The number of aryl methyl sites for hydroxylation is 1. The van der Waals surface area contributed by atoms with Crippen LogP contribution in [0.15, 0.2) is 43.0 Å². The van der Waals surface area contributed by atoms with Gasteiger partial charge in [0.25, 0.3) is 0 Å². The fourth-order valence-electron chi connectivity index (χ4n) is 5.17. The molecule has 2 aliphatic rings. The first-order valence-corrected chi connectivity index (χ1v) is 10.5. The van der Waals surface area contributed by atoms with Crippen molar-refractivity contribution in [1.29, 1.82) is 0 Å². The highest BCUT2D eigenvalue weighted by Crippen LogP contribution is 2.42. The number of para-hydroxylation sites is 2. The van der Waals surface area contributed by atoms with Crippen LogP contribution in [0.3, 0.4) is 0 Å². The van der Waals surface area contributed by atoms with E-state index in [1.165, 1.54) is 0 Å². The molecule has 1 aliphatic heterocycles. The van der Waals surface area contributed by atoms with Crippen molar-refractivity contribution in [2.75, 3.05) is 13.1 Å². The molecule has 1 saturated carbocycles. The maximum atomic E-state index is 12.7. The third kappa shape index (κ3) is 3.55. The molecule has 0 radical (unpaired) electrons. The molecule has 152 valence electrons. The van der Waals surface area contributed by atoms with Crippen molar-refractivity contribution in [3.63, 3.8) is 0 Å². The second-order valence-corrected chi connectivity index (χ2v) is 8.53. The molecule has 4 atom stereocenters. The van der Waals surface area contributed by atoms with Crippen LogP contribution in [0.1, 0.15) is 37.3 Å². The van der Waals surface area contributed by atoms with Crippen LogP contribution in [0.2, 0.25) is 0 Å². The number of aromatic amines is 1. The Bertz CT molecular complexity index is 982. The van der Waals surface area contributed by atoms with Gasteiger partial charge in [-0.25, -0.2) is 4.98 Å². The lowest BCUT2D eigenvalue weighted by atomic mass is 9.77. The molecule has 5 rings (SSSR count). The van der Waals surface area contributed by atoms with Crippen molar-refractivity contribution < 1.29 is 9.90 Å². The molecular weight excluding hydrogens is 366 g/mol. The lowest BCUT2D eigenvalue weighted by Gasteiger charge is -2.36. The number of hydrogen-bond acceptors (Lipinski definition) is 4. The topological polar surface area (TPSA) is 87.0 Å². The molecule has 3 aromatic rings. The Morgan fingerprint density at radius 1 is 1.21 bits per heavy atom.